The minimum absolute atomic E-state index is 0.0221. The fraction of sp³-hybridized carbons (Fsp3) is 0.158. The Morgan fingerprint density at radius 3 is 2.65 bits per heavy atom. The molecule has 0 radical (unpaired) electrons. The maximum Gasteiger partial charge on any atom is 0.269 e. The lowest BCUT2D eigenvalue weighted by Crippen LogP contribution is -2.40. The highest BCUT2D eigenvalue weighted by Gasteiger charge is 2.19. The summed E-state index contributed by atoms with van der Waals surface area (Å²) in [7, 11) is 1.60. The molecule has 0 aliphatic carbocycles. The number of hydrogen-bond acceptors (Lipinski definition) is 4. The third kappa shape index (κ3) is 3.98. The van der Waals surface area contributed by atoms with E-state index in [9.17, 15) is 4.79 Å². The summed E-state index contributed by atoms with van der Waals surface area (Å²) < 4.78 is 6.10. The second kappa shape index (κ2) is 8.03. The van der Waals surface area contributed by atoms with E-state index in [1.165, 1.54) is 11.3 Å². The zero-order chi connectivity index (χ0) is 18.7. The Morgan fingerprint density at radius 1 is 1.23 bits per heavy atom. The summed E-state index contributed by atoms with van der Waals surface area (Å²) in [6, 6.07) is 15.4. The number of halogens is 1. The van der Waals surface area contributed by atoms with E-state index in [4.69, 9.17) is 28.6 Å². The van der Waals surface area contributed by atoms with Crippen molar-refractivity contribution in [1.29, 1.82) is 0 Å². The van der Waals surface area contributed by atoms with Gasteiger partial charge in [0.2, 0.25) is 0 Å². The van der Waals surface area contributed by atoms with Gasteiger partial charge >= 0.3 is 0 Å². The number of thiocarbonyl (C=S) groups is 1. The first-order valence-electron chi connectivity index (χ1n) is 7.92. The van der Waals surface area contributed by atoms with Crippen LogP contribution in [0.25, 0.3) is 10.1 Å². The number of carbonyl (C=O) groups excluding carboxylic acids is 1. The maximum atomic E-state index is 12.6. The van der Waals surface area contributed by atoms with E-state index in [-0.39, 0.29) is 17.1 Å². The van der Waals surface area contributed by atoms with Crippen molar-refractivity contribution in [3.63, 3.8) is 0 Å². The van der Waals surface area contributed by atoms with Crippen molar-refractivity contribution in [1.82, 2.24) is 10.6 Å². The van der Waals surface area contributed by atoms with Crippen LogP contribution in [0.5, 0.6) is 5.75 Å². The van der Waals surface area contributed by atoms with Gasteiger partial charge in [-0.3, -0.25) is 10.1 Å². The van der Waals surface area contributed by atoms with Gasteiger partial charge in [0, 0.05) is 10.1 Å². The Balaban J connectivity index is 1.72. The molecule has 0 saturated heterocycles. The monoisotopic (exact) mass is 404 g/mol. The van der Waals surface area contributed by atoms with E-state index < -0.39 is 0 Å². The van der Waals surface area contributed by atoms with E-state index in [1.54, 1.807) is 7.11 Å². The minimum Gasteiger partial charge on any atom is -0.497 e. The van der Waals surface area contributed by atoms with E-state index in [0.717, 1.165) is 21.4 Å². The first-order valence-corrected chi connectivity index (χ1v) is 9.52. The van der Waals surface area contributed by atoms with Crippen molar-refractivity contribution in [2.24, 2.45) is 0 Å². The Morgan fingerprint density at radius 2 is 1.96 bits per heavy atom. The lowest BCUT2D eigenvalue weighted by molar-refractivity contribution is 0.0980. The first kappa shape index (κ1) is 18.6. The molecule has 1 heterocycles. The third-order valence-corrected chi connectivity index (χ3v) is 5.79. The Hall–Kier alpha value is -2.15. The molecule has 1 amide bonds. The van der Waals surface area contributed by atoms with Gasteiger partial charge < -0.3 is 10.1 Å². The highest BCUT2D eigenvalue weighted by Crippen LogP contribution is 2.37. The quantitative estimate of drug-likeness (QED) is 0.605. The molecule has 7 heteroatoms. The molecule has 3 rings (SSSR count). The molecule has 0 aliphatic heterocycles. The van der Waals surface area contributed by atoms with E-state index in [2.05, 4.69) is 10.6 Å². The standard InChI is InChI=1S/C19H17ClN2O2S2/c1-11(12-6-4-3-5-7-12)21-19(25)22-18(23)17-16(20)14-9-8-13(24-2)10-15(14)26-17/h3-11H,1-2H3,(H2,21,22,23,25)/t11-/m1/s1. The van der Waals surface area contributed by atoms with Gasteiger partial charge in [0.05, 0.1) is 18.2 Å². The SMILES string of the molecule is COc1ccc2c(Cl)c(C(=O)NC(=S)N[C@H](C)c3ccccc3)sc2c1. The molecule has 0 bridgehead atoms. The fourth-order valence-corrected chi connectivity index (χ4v) is 4.25. The van der Waals surface area contributed by atoms with Crippen molar-refractivity contribution in [2.75, 3.05) is 7.11 Å². The summed E-state index contributed by atoms with van der Waals surface area (Å²) in [5.74, 6) is 0.393. The third-order valence-electron chi connectivity index (χ3n) is 3.92. The average Bonchev–Trinajstić information content (AvgIpc) is 2.98. The number of ether oxygens (including phenoxy) is 1. The summed E-state index contributed by atoms with van der Waals surface area (Å²) in [5.41, 5.74) is 1.08. The summed E-state index contributed by atoms with van der Waals surface area (Å²) in [6.07, 6.45) is 0. The summed E-state index contributed by atoms with van der Waals surface area (Å²) in [4.78, 5) is 13.0. The van der Waals surface area contributed by atoms with E-state index in [0.29, 0.717) is 9.90 Å². The Labute approximate surface area is 166 Å². The number of fused-ring (bicyclic) bond motifs is 1. The summed E-state index contributed by atoms with van der Waals surface area (Å²) in [5, 5.41) is 7.31. The number of benzene rings is 2. The second-order valence-corrected chi connectivity index (χ2v) is 7.51. The number of nitrogens with one attached hydrogen (secondary N) is 2. The minimum atomic E-state index is -0.326. The molecule has 0 saturated carbocycles. The van der Waals surface area contributed by atoms with Crippen LogP contribution in [0.1, 0.15) is 28.2 Å². The van der Waals surface area contributed by atoms with Gasteiger partial charge in [0.25, 0.3) is 5.91 Å². The fourth-order valence-electron chi connectivity index (χ4n) is 2.54. The zero-order valence-corrected chi connectivity index (χ0v) is 16.6. The molecule has 1 atom stereocenters. The molecule has 2 aromatic carbocycles. The largest absolute Gasteiger partial charge is 0.497 e. The molecule has 4 nitrogen and oxygen atoms in total. The van der Waals surface area contributed by atoms with Gasteiger partial charge in [0.1, 0.15) is 10.6 Å². The topological polar surface area (TPSA) is 50.4 Å². The predicted molar refractivity (Wildman–Crippen MR) is 111 cm³/mol. The van der Waals surface area contributed by atoms with Crippen molar-refractivity contribution < 1.29 is 9.53 Å². The van der Waals surface area contributed by atoms with Crippen LogP contribution in [0, 0.1) is 0 Å². The highest BCUT2D eigenvalue weighted by atomic mass is 35.5. The zero-order valence-electron chi connectivity index (χ0n) is 14.2. The van der Waals surface area contributed by atoms with Crippen LogP contribution in [-0.4, -0.2) is 18.1 Å². The average molecular weight is 405 g/mol. The van der Waals surface area contributed by atoms with Crippen LogP contribution >= 0.6 is 35.2 Å². The van der Waals surface area contributed by atoms with Crippen molar-refractivity contribution in [2.45, 2.75) is 13.0 Å². The molecule has 0 unspecified atom stereocenters. The van der Waals surface area contributed by atoms with Crippen molar-refractivity contribution in [3.8, 4) is 5.75 Å². The van der Waals surface area contributed by atoms with Gasteiger partial charge in [-0.2, -0.15) is 0 Å². The number of thiophene rings is 1. The second-order valence-electron chi connectivity index (χ2n) is 5.67. The van der Waals surface area contributed by atoms with Gasteiger partial charge in [-0.25, -0.2) is 0 Å². The predicted octanol–water partition coefficient (Wildman–Crippen LogP) is 4.93. The molecule has 26 heavy (non-hydrogen) atoms. The molecule has 2 N–H and O–H groups in total. The number of rotatable bonds is 4. The van der Waals surface area contributed by atoms with Gasteiger partial charge in [-0.05, 0) is 42.9 Å². The molecule has 0 aliphatic rings. The lowest BCUT2D eigenvalue weighted by Gasteiger charge is -2.16. The Kier molecular flexibility index (Phi) is 5.76. The van der Waals surface area contributed by atoms with Gasteiger partial charge in [0.15, 0.2) is 5.11 Å². The van der Waals surface area contributed by atoms with Crippen LogP contribution in [0.4, 0.5) is 0 Å². The van der Waals surface area contributed by atoms with Crippen molar-refractivity contribution in [3.05, 3.63) is 64.0 Å². The van der Waals surface area contributed by atoms with E-state index >= 15 is 0 Å². The highest BCUT2D eigenvalue weighted by molar-refractivity contribution is 7.80. The number of hydrogen-bond donors (Lipinski definition) is 2. The Bertz CT molecular complexity index is 957. The number of amides is 1. The molecule has 0 spiro atoms. The number of carbonyl (C=O) groups is 1. The van der Waals surface area contributed by atoms with Gasteiger partial charge in [-0.15, -0.1) is 11.3 Å². The molecule has 134 valence electrons. The summed E-state index contributed by atoms with van der Waals surface area (Å²) >= 11 is 13.0. The maximum absolute atomic E-state index is 12.6. The van der Waals surface area contributed by atoms with Crippen LogP contribution in [-0.2, 0) is 0 Å². The van der Waals surface area contributed by atoms with Gasteiger partial charge in [-0.1, -0.05) is 41.9 Å². The smallest absolute Gasteiger partial charge is 0.269 e. The van der Waals surface area contributed by atoms with Crippen LogP contribution in [0.2, 0.25) is 5.02 Å². The lowest BCUT2D eigenvalue weighted by atomic mass is 10.1. The van der Waals surface area contributed by atoms with Crippen molar-refractivity contribution >= 4 is 56.3 Å². The van der Waals surface area contributed by atoms with Crippen LogP contribution in [0.15, 0.2) is 48.5 Å². The summed E-state index contributed by atoms with van der Waals surface area (Å²) in [6.45, 7) is 1.98. The molecular weight excluding hydrogens is 388 g/mol. The van der Waals surface area contributed by atoms with Crippen LogP contribution in [0.3, 0.4) is 0 Å². The van der Waals surface area contributed by atoms with E-state index in [1.807, 2.05) is 55.5 Å². The molecule has 1 aromatic heterocycles. The number of methoxy groups -OCH3 is 1. The molecule has 0 fully saturated rings. The normalized spacial score (nSPS) is 11.8. The van der Waals surface area contributed by atoms with Crippen LogP contribution < -0.4 is 15.4 Å². The molecule has 3 aromatic rings. The first-order chi connectivity index (χ1) is 12.5. The molecular formula is C19H17ClN2O2S2.